The van der Waals surface area contributed by atoms with Crippen molar-refractivity contribution in [3.05, 3.63) is 17.5 Å². The summed E-state index contributed by atoms with van der Waals surface area (Å²) in [5.41, 5.74) is 0. The Morgan fingerprint density at radius 2 is 2.26 bits per heavy atom. The largest absolute Gasteiger partial charge is 0.383 e. The van der Waals surface area contributed by atoms with Crippen molar-refractivity contribution in [2.45, 2.75) is 17.2 Å². The fraction of sp³-hybridized carbons (Fsp3) is 0.545. The number of likely N-dealkylation sites (N-methyl/N-ethyl adjacent to an activating group) is 1. The third kappa shape index (κ3) is 4.57. The number of rotatable bonds is 7. The van der Waals surface area contributed by atoms with Crippen LogP contribution in [0.2, 0.25) is 0 Å². The molecule has 0 aromatic carbocycles. The third-order valence-corrected chi connectivity index (χ3v) is 5.53. The minimum Gasteiger partial charge on any atom is -0.383 e. The lowest BCUT2D eigenvalue weighted by Gasteiger charge is -2.18. The lowest BCUT2D eigenvalue weighted by atomic mass is 10.3. The second-order valence-corrected chi connectivity index (χ2v) is 7.34. The van der Waals surface area contributed by atoms with Crippen LogP contribution >= 0.6 is 11.3 Å². The van der Waals surface area contributed by atoms with Gasteiger partial charge in [-0.3, -0.25) is 4.79 Å². The number of thiophene rings is 1. The summed E-state index contributed by atoms with van der Waals surface area (Å²) in [6, 6.07) is 3.02. The zero-order chi connectivity index (χ0) is 14.5. The van der Waals surface area contributed by atoms with Gasteiger partial charge in [0.15, 0.2) is 0 Å². The van der Waals surface area contributed by atoms with Crippen molar-refractivity contribution in [3.8, 4) is 0 Å². The van der Waals surface area contributed by atoms with Crippen molar-refractivity contribution in [1.29, 1.82) is 0 Å². The number of amides is 1. The molecule has 0 aliphatic heterocycles. The number of methoxy groups -OCH3 is 1. The van der Waals surface area contributed by atoms with E-state index in [9.17, 15) is 13.2 Å². The average molecular weight is 306 g/mol. The predicted octanol–water partition coefficient (Wildman–Crippen LogP) is 0.520. The van der Waals surface area contributed by atoms with E-state index in [0.717, 1.165) is 15.6 Å². The van der Waals surface area contributed by atoms with Gasteiger partial charge >= 0.3 is 0 Å². The Bertz CT molecular complexity index is 499. The highest BCUT2D eigenvalue weighted by Crippen LogP contribution is 2.19. The zero-order valence-electron chi connectivity index (χ0n) is 11.1. The Morgan fingerprint density at radius 3 is 2.79 bits per heavy atom. The minimum absolute atomic E-state index is 0.157. The first-order valence-corrected chi connectivity index (χ1v) is 7.98. The van der Waals surface area contributed by atoms with E-state index in [-0.39, 0.29) is 22.7 Å². The summed E-state index contributed by atoms with van der Waals surface area (Å²) in [7, 11) is -0.657. The molecule has 0 bridgehead atoms. The molecule has 108 valence electrons. The summed E-state index contributed by atoms with van der Waals surface area (Å²) >= 11 is 1.13. The standard InChI is InChI=1S/C11H18N2O4S2/c1-9(8-17-3)12-10(14)7-13(2)19(15,16)11-5-4-6-18-11/h4-6,9H,7-8H2,1-3H3,(H,12,14). The quantitative estimate of drug-likeness (QED) is 0.797. The molecular weight excluding hydrogens is 288 g/mol. The molecule has 6 nitrogen and oxygen atoms in total. The van der Waals surface area contributed by atoms with Crippen molar-refractivity contribution >= 4 is 27.3 Å². The highest BCUT2D eigenvalue weighted by molar-refractivity contribution is 7.91. The highest BCUT2D eigenvalue weighted by Gasteiger charge is 2.24. The van der Waals surface area contributed by atoms with Gasteiger partial charge < -0.3 is 10.1 Å². The first kappa shape index (κ1) is 16.1. The smallest absolute Gasteiger partial charge is 0.252 e. The van der Waals surface area contributed by atoms with Gasteiger partial charge in [0.1, 0.15) is 4.21 Å². The maximum atomic E-state index is 12.1. The zero-order valence-corrected chi connectivity index (χ0v) is 12.8. The normalized spacial score (nSPS) is 13.5. The summed E-state index contributed by atoms with van der Waals surface area (Å²) in [5, 5.41) is 4.34. The molecular formula is C11H18N2O4S2. The van der Waals surface area contributed by atoms with E-state index in [1.165, 1.54) is 20.2 Å². The number of hydrogen-bond donors (Lipinski definition) is 1. The number of carbonyl (C=O) groups excluding carboxylic acids is 1. The van der Waals surface area contributed by atoms with Crippen LogP contribution in [0.15, 0.2) is 21.7 Å². The van der Waals surface area contributed by atoms with Crippen molar-refractivity contribution < 1.29 is 17.9 Å². The predicted molar refractivity (Wildman–Crippen MR) is 73.6 cm³/mol. The number of nitrogens with zero attached hydrogens (tertiary/aromatic N) is 1. The maximum Gasteiger partial charge on any atom is 0.252 e. The minimum atomic E-state index is -3.58. The third-order valence-electron chi connectivity index (χ3n) is 2.35. The molecule has 1 amide bonds. The molecule has 1 atom stereocenters. The van der Waals surface area contributed by atoms with Crippen molar-refractivity contribution in [2.24, 2.45) is 0 Å². The Balaban J connectivity index is 2.60. The molecule has 1 N–H and O–H groups in total. The van der Waals surface area contributed by atoms with Crippen molar-refractivity contribution in [1.82, 2.24) is 9.62 Å². The highest BCUT2D eigenvalue weighted by atomic mass is 32.2. The Labute approximate surface area is 117 Å². The Kier molecular flexibility index (Phi) is 5.92. The maximum absolute atomic E-state index is 12.1. The van der Waals surface area contributed by atoms with Crippen LogP contribution in [0.1, 0.15) is 6.92 Å². The van der Waals surface area contributed by atoms with E-state index < -0.39 is 10.0 Å². The van der Waals surface area contributed by atoms with E-state index in [4.69, 9.17) is 4.74 Å². The summed E-state index contributed by atoms with van der Waals surface area (Å²) in [4.78, 5) is 11.7. The molecule has 1 heterocycles. The van der Waals surface area contributed by atoms with Gasteiger partial charge in [-0.15, -0.1) is 11.3 Å². The molecule has 0 aliphatic carbocycles. The van der Waals surface area contributed by atoms with Gasteiger partial charge in [0, 0.05) is 20.2 Å². The van der Waals surface area contributed by atoms with Gasteiger partial charge in [0.05, 0.1) is 13.2 Å². The molecule has 0 fully saturated rings. The van der Waals surface area contributed by atoms with Crippen LogP contribution in [0.5, 0.6) is 0 Å². The fourth-order valence-corrected chi connectivity index (χ4v) is 3.79. The Morgan fingerprint density at radius 1 is 1.58 bits per heavy atom. The van der Waals surface area contributed by atoms with Crippen LogP contribution in [-0.4, -0.2) is 52.0 Å². The van der Waals surface area contributed by atoms with Gasteiger partial charge in [0.2, 0.25) is 5.91 Å². The van der Waals surface area contributed by atoms with Crippen LogP contribution < -0.4 is 5.32 Å². The summed E-state index contributed by atoms with van der Waals surface area (Å²) in [6.45, 7) is 1.95. The Hall–Kier alpha value is -0.960. The molecule has 1 rings (SSSR count). The van der Waals surface area contributed by atoms with E-state index in [1.807, 2.05) is 0 Å². The van der Waals surface area contributed by atoms with Crippen LogP contribution in [0, 0.1) is 0 Å². The number of sulfonamides is 1. The molecule has 19 heavy (non-hydrogen) atoms. The summed E-state index contributed by atoms with van der Waals surface area (Å²) < 4.78 is 30.3. The number of ether oxygens (including phenoxy) is 1. The average Bonchev–Trinajstić information content (AvgIpc) is 2.82. The lowest BCUT2D eigenvalue weighted by Crippen LogP contribution is -2.43. The second kappa shape index (κ2) is 6.99. The summed E-state index contributed by atoms with van der Waals surface area (Å²) in [5.74, 6) is -0.354. The van der Waals surface area contributed by atoms with Gasteiger partial charge in [-0.1, -0.05) is 6.07 Å². The van der Waals surface area contributed by atoms with Gasteiger partial charge in [0.25, 0.3) is 10.0 Å². The molecule has 8 heteroatoms. The van der Waals surface area contributed by atoms with Gasteiger partial charge in [-0.05, 0) is 18.4 Å². The van der Waals surface area contributed by atoms with E-state index in [0.29, 0.717) is 6.61 Å². The van der Waals surface area contributed by atoms with Gasteiger partial charge in [-0.2, -0.15) is 4.31 Å². The molecule has 1 unspecified atom stereocenters. The molecule has 0 spiro atoms. The van der Waals surface area contributed by atoms with Crippen LogP contribution in [0.4, 0.5) is 0 Å². The molecule has 0 saturated heterocycles. The number of carbonyl (C=O) groups is 1. The number of hydrogen-bond acceptors (Lipinski definition) is 5. The van der Waals surface area contributed by atoms with Crippen LogP contribution in [-0.2, 0) is 19.6 Å². The second-order valence-electron chi connectivity index (χ2n) is 4.12. The van der Waals surface area contributed by atoms with Crippen LogP contribution in [0.3, 0.4) is 0 Å². The van der Waals surface area contributed by atoms with Gasteiger partial charge in [-0.25, -0.2) is 8.42 Å². The molecule has 0 aliphatic rings. The lowest BCUT2D eigenvalue weighted by molar-refractivity contribution is -0.122. The van der Waals surface area contributed by atoms with Crippen LogP contribution in [0.25, 0.3) is 0 Å². The summed E-state index contributed by atoms with van der Waals surface area (Å²) in [6.07, 6.45) is 0. The topological polar surface area (TPSA) is 75.7 Å². The van der Waals surface area contributed by atoms with E-state index >= 15 is 0 Å². The molecule has 1 aromatic rings. The van der Waals surface area contributed by atoms with E-state index in [1.54, 1.807) is 18.4 Å². The first-order valence-electron chi connectivity index (χ1n) is 5.66. The van der Waals surface area contributed by atoms with Crippen molar-refractivity contribution in [3.63, 3.8) is 0 Å². The van der Waals surface area contributed by atoms with E-state index in [2.05, 4.69) is 5.32 Å². The SMILES string of the molecule is COCC(C)NC(=O)CN(C)S(=O)(=O)c1cccs1. The fourth-order valence-electron chi connectivity index (χ4n) is 1.46. The molecule has 0 radical (unpaired) electrons. The first-order chi connectivity index (χ1) is 8.87. The molecule has 1 aromatic heterocycles. The van der Waals surface area contributed by atoms with Crippen molar-refractivity contribution in [2.75, 3.05) is 27.3 Å². The molecule has 0 saturated carbocycles. The number of nitrogens with one attached hydrogen (secondary N) is 1. The monoisotopic (exact) mass is 306 g/mol.